The number of carbonyl (C=O) groups excluding carboxylic acids is 1. The van der Waals surface area contributed by atoms with Crippen LogP contribution in [-0.2, 0) is 11.3 Å². The third-order valence-electron chi connectivity index (χ3n) is 4.95. The number of nitrogens with zero attached hydrogens (tertiary/aromatic N) is 3. The van der Waals surface area contributed by atoms with Crippen LogP contribution < -0.4 is 5.32 Å². The molecule has 0 bridgehead atoms. The Morgan fingerprint density at radius 2 is 1.88 bits per heavy atom. The maximum atomic E-state index is 12.6. The van der Waals surface area contributed by atoms with Gasteiger partial charge in [-0.25, -0.2) is 0 Å². The van der Waals surface area contributed by atoms with Gasteiger partial charge in [-0.3, -0.25) is 19.6 Å². The summed E-state index contributed by atoms with van der Waals surface area (Å²) in [7, 11) is 0. The summed E-state index contributed by atoms with van der Waals surface area (Å²) >= 11 is 6.04. The van der Waals surface area contributed by atoms with E-state index in [2.05, 4.69) is 32.2 Å². The van der Waals surface area contributed by atoms with Gasteiger partial charge >= 0.3 is 0 Å². The third-order valence-corrected chi connectivity index (χ3v) is 5.18. The fourth-order valence-electron chi connectivity index (χ4n) is 3.19. The molecule has 1 atom stereocenters. The lowest BCUT2D eigenvalue weighted by molar-refractivity contribution is -0.121. The summed E-state index contributed by atoms with van der Waals surface area (Å²) in [6, 6.07) is 9.48. The molecule has 1 fully saturated rings. The Bertz CT molecular complexity index is 745. The van der Waals surface area contributed by atoms with E-state index in [0.29, 0.717) is 5.02 Å². The molecular formula is C20H25ClN4O. The average molecular weight is 373 g/mol. The molecule has 1 aliphatic heterocycles. The largest absolute Gasteiger partial charge is 0.324 e. The molecule has 1 amide bonds. The summed E-state index contributed by atoms with van der Waals surface area (Å²) in [6.45, 7) is 8.54. The molecule has 0 spiro atoms. The van der Waals surface area contributed by atoms with E-state index in [0.717, 1.165) is 44.0 Å². The highest BCUT2D eigenvalue weighted by atomic mass is 35.5. The summed E-state index contributed by atoms with van der Waals surface area (Å²) in [5.41, 5.74) is 3.07. The molecule has 2 aromatic rings. The van der Waals surface area contributed by atoms with Gasteiger partial charge in [0.25, 0.3) is 0 Å². The van der Waals surface area contributed by atoms with Gasteiger partial charge in [0.15, 0.2) is 0 Å². The van der Waals surface area contributed by atoms with Crippen molar-refractivity contribution in [2.75, 3.05) is 31.5 Å². The minimum absolute atomic E-state index is 0.0120. The van der Waals surface area contributed by atoms with Crippen LogP contribution >= 0.6 is 11.6 Å². The van der Waals surface area contributed by atoms with Gasteiger partial charge in [0, 0.05) is 55.8 Å². The van der Waals surface area contributed by atoms with Crippen molar-refractivity contribution in [3.05, 3.63) is 58.9 Å². The minimum atomic E-state index is -0.170. The highest BCUT2D eigenvalue weighted by Crippen LogP contribution is 2.21. The van der Waals surface area contributed by atoms with E-state index in [1.807, 2.05) is 38.4 Å². The van der Waals surface area contributed by atoms with Gasteiger partial charge in [-0.05, 0) is 49.2 Å². The predicted molar refractivity (Wildman–Crippen MR) is 105 cm³/mol. The number of hydrogen-bond donors (Lipinski definition) is 1. The first-order valence-corrected chi connectivity index (χ1v) is 9.33. The van der Waals surface area contributed by atoms with Crippen molar-refractivity contribution in [3.8, 4) is 0 Å². The van der Waals surface area contributed by atoms with Crippen LogP contribution in [0.1, 0.15) is 18.1 Å². The minimum Gasteiger partial charge on any atom is -0.324 e. The summed E-state index contributed by atoms with van der Waals surface area (Å²) in [4.78, 5) is 21.3. The molecule has 1 aromatic carbocycles. The van der Waals surface area contributed by atoms with E-state index in [-0.39, 0.29) is 11.9 Å². The van der Waals surface area contributed by atoms with Gasteiger partial charge in [-0.2, -0.15) is 0 Å². The number of piperazine rings is 1. The average Bonchev–Trinajstić information content (AvgIpc) is 2.65. The Balaban J connectivity index is 1.52. The van der Waals surface area contributed by atoms with Gasteiger partial charge in [0.05, 0.1) is 6.04 Å². The second-order valence-electron chi connectivity index (χ2n) is 6.79. The molecule has 1 aliphatic rings. The molecule has 0 saturated carbocycles. The molecule has 0 radical (unpaired) electrons. The Kier molecular flexibility index (Phi) is 6.25. The van der Waals surface area contributed by atoms with Crippen molar-refractivity contribution >= 4 is 23.2 Å². The standard InChI is InChI=1S/C20H25ClN4O/c1-15-3-4-18(21)13-19(15)23-20(26)16(2)25-11-9-24(10-12-25)14-17-5-7-22-8-6-17/h3-8,13,16H,9-12,14H2,1-2H3,(H,23,26). The van der Waals surface area contributed by atoms with Crippen LogP contribution in [0.3, 0.4) is 0 Å². The molecule has 1 N–H and O–H groups in total. The first-order valence-electron chi connectivity index (χ1n) is 8.95. The Hall–Kier alpha value is -1.95. The molecule has 6 heteroatoms. The predicted octanol–water partition coefficient (Wildman–Crippen LogP) is 3.19. The van der Waals surface area contributed by atoms with Crippen LogP contribution in [0.4, 0.5) is 5.69 Å². The van der Waals surface area contributed by atoms with Crippen LogP contribution in [0.5, 0.6) is 0 Å². The zero-order valence-corrected chi connectivity index (χ0v) is 16.0. The van der Waals surface area contributed by atoms with E-state index in [9.17, 15) is 4.79 Å². The summed E-state index contributed by atoms with van der Waals surface area (Å²) in [5, 5.41) is 3.64. The molecule has 3 rings (SSSR count). The molecule has 138 valence electrons. The molecule has 0 aliphatic carbocycles. The smallest absolute Gasteiger partial charge is 0.241 e. The van der Waals surface area contributed by atoms with Crippen molar-refractivity contribution in [2.24, 2.45) is 0 Å². The summed E-state index contributed by atoms with van der Waals surface area (Å²) in [5.74, 6) is 0.0120. The van der Waals surface area contributed by atoms with E-state index in [1.54, 1.807) is 6.07 Å². The maximum absolute atomic E-state index is 12.6. The van der Waals surface area contributed by atoms with E-state index >= 15 is 0 Å². The van der Waals surface area contributed by atoms with Crippen LogP contribution in [0.2, 0.25) is 5.02 Å². The van der Waals surface area contributed by atoms with Crippen LogP contribution in [0.15, 0.2) is 42.7 Å². The van der Waals surface area contributed by atoms with Crippen LogP contribution in [0.25, 0.3) is 0 Å². The zero-order valence-electron chi connectivity index (χ0n) is 15.3. The van der Waals surface area contributed by atoms with Gasteiger partial charge in [0.2, 0.25) is 5.91 Å². The summed E-state index contributed by atoms with van der Waals surface area (Å²) in [6.07, 6.45) is 3.66. The van der Waals surface area contributed by atoms with Crippen LogP contribution in [0, 0.1) is 6.92 Å². The van der Waals surface area contributed by atoms with E-state index in [4.69, 9.17) is 11.6 Å². The van der Waals surface area contributed by atoms with Crippen molar-refractivity contribution in [1.82, 2.24) is 14.8 Å². The number of aromatic nitrogens is 1. The number of anilines is 1. The maximum Gasteiger partial charge on any atom is 0.241 e. The first-order chi connectivity index (χ1) is 12.5. The van der Waals surface area contributed by atoms with E-state index < -0.39 is 0 Å². The topological polar surface area (TPSA) is 48.5 Å². The summed E-state index contributed by atoms with van der Waals surface area (Å²) < 4.78 is 0. The third kappa shape index (κ3) is 4.81. The molecule has 26 heavy (non-hydrogen) atoms. The molecule has 1 aromatic heterocycles. The second-order valence-corrected chi connectivity index (χ2v) is 7.23. The first kappa shape index (κ1) is 18.8. The molecular weight excluding hydrogens is 348 g/mol. The number of carbonyl (C=O) groups is 1. The molecule has 5 nitrogen and oxygen atoms in total. The van der Waals surface area contributed by atoms with Crippen molar-refractivity contribution in [3.63, 3.8) is 0 Å². The number of rotatable bonds is 5. The molecule has 1 unspecified atom stereocenters. The fraction of sp³-hybridized carbons (Fsp3) is 0.400. The zero-order chi connectivity index (χ0) is 18.5. The lowest BCUT2D eigenvalue weighted by Gasteiger charge is -2.37. The fourth-order valence-corrected chi connectivity index (χ4v) is 3.36. The van der Waals surface area contributed by atoms with Crippen LogP contribution in [-0.4, -0.2) is 52.9 Å². The van der Waals surface area contributed by atoms with Gasteiger partial charge in [0.1, 0.15) is 0 Å². The lowest BCUT2D eigenvalue weighted by atomic mass is 10.1. The lowest BCUT2D eigenvalue weighted by Crippen LogP contribution is -2.52. The van der Waals surface area contributed by atoms with Crippen molar-refractivity contribution in [1.29, 1.82) is 0 Å². The number of benzene rings is 1. The second kappa shape index (κ2) is 8.62. The quantitative estimate of drug-likeness (QED) is 0.875. The Morgan fingerprint density at radius 3 is 2.58 bits per heavy atom. The molecule has 2 heterocycles. The molecule has 1 saturated heterocycles. The SMILES string of the molecule is Cc1ccc(Cl)cc1NC(=O)C(C)N1CCN(Cc2ccncc2)CC1. The monoisotopic (exact) mass is 372 g/mol. The van der Waals surface area contributed by atoms with E-state index in [1.165, 1.54) is 5.56 Å². The normalized spacial score (nSPS) is 17.0. The van der Waals surface area contributed by atoms with Gasteiger partial charge in [-0.1, -0.05) is 17.7 Å². The number of nitrogens with one attached hydrogen (secondary N) is 1. The number of halogens is 1. The Labute approximate surface area is 160 Å². The number of pyridine rings is 1. The number of aryl methyl sites for hydroxylation is 1. The number of hydrogen-bond acceptors (Lipinski definition) is 4. The highest BCUT2D eigenvalue weighted by molar-refractivity contribution is 6.31. The van der Waals surface area contributed by atoms with Gasteiger partial charge in [-0.15, -0.1) is 0 Å². The van der Waals surface area contributed by atoms with Gasteiger partial charge < -0.3 is 5.32 Å². The van der Waals surface area contributed by atoms with Crippen molar-refractivity contribution in [2.45, 2.75) is 26.4 Å². The number of amides is 1. The van der Waals surface area contributed by atoms with Crippen molar-refractivity contribution < 1.29 is 4.79 Å². The Morgan fingerprint density at radius 1 is 1.19 bits per heavy atom. The highest BCUT2D eigenvalue weighted by Gasteiger charge is 2.25.